The number of carbonyl (C=O) groups excluding carboxylic acids is 3. The normalized spacial score (nSPS) is 14.2. The van der Waals surface area contributed by atoms with Crippen LogP contribution in [0.3, 0.4) is 0 Å². The molecule has 3 aromatic rings. The van der Waals surface area contributed by atoms with Crippen molar-refractivity contribution in [1.82, 2.24) is 24.9 Å². The molecule has 1 aliphatic carbocycles. The van der Waals surface area contributed by atoms with Crippen molar-refractivity contribution in [1.29, 1.82) is 0 Å². The van der Waals surface area contributed by atoms with E-state index in [1.165, 1.54) is 49.9 Å². The van der Waals surface area contributed by atoms with Gasteiger partial charge in [0.1, 0.15) is 29.6 Å². The maximum absolute atomic E-state index is 13.3. The first kappa shape index (κ1) is 25.9. The Morgan fingerprint density at radius 3 is 2.60 bits per heavy atom. The number of nitrogens with zero attached hydrogens (tertiary/aromatic N) is 4. The van der Waals surface area contributed by atoms with Crippen molar-refractivity contribution in [2.75, 3.05) is 7.11 Å². The minimum atomic E-state index is -0.454. The SMILES string of the molecule is CC(=O)c1cc(C(=O)NCc2ccc(F)c(C)c2)nc2ncnn12.COC(=O)[C@H](N)C1CCCC1. The number of esters is 1. The van der Waals surface area contributed by atoms with Gasteiger partial charge in [0.05, 0.1) is 7.11 Å². The molecule has 1 aromatic carbocycles. The fourth-order valence-corrected chi connectivity index (χ4v) is 3.91. The summed E-state index contributed by atoms with van der Waals surface area (Å²) in [6.07, 6.45) is 5.83. The van der Waals surface area contributed by atoms with Crippen molar-refractivity contribution in [2.24, 2.45) is 11.7 Å². The van der Waals surface area contributed by atoms with Gasteiger partial charge in [0.2, 0.25) is 0 Å². The lowest BCUT2D eigenvalue weighted by Crippen LogP contribution is -2.37. The first-order valence-electron chi connectivity index (χ1n) is 11.3. The second-order valence-corrected chi connectivity index (χ2v) is 8.41. The van der Waals surface area contributed by atoms with E-state index < -0.39 is 5.91 Å². The smallest absolute Gasteiger partial charge is 0.322 e. The number of nitrogens with two attached hydrogens (primary N) is 1. The number of ketones is 1. The fraction of sp³-hybridized carbons (Fsp3) is 0.417. The third-order valence-corrected chi connectivity index (χ3v) is 5.90. The van der Waals surface area contributed by atoms with Gasteiger partial charge in [-0.1, -0.05) is 25.0 Å². The lowest BCUT2D eigenvalue weighted by atomic mass is 9.99. The van der Waals surface area contributed by atoms with Crippen LogP contribution in [-0.2, 0) is 16.1 Å². The number of hydrogen-bond donors (Lipinski definition) is 2. The molecule has 0 unspecified atom stereocenters. The second kappa shape index (κ2) is 11.6. The van der Waals surface area contributed by atoms with E-state index in [9.17, 15) is 18.8 Å². The summed E-state index contributed by atoms with van der Waals surface area (Å²) in [4.78, 5) is 42.9. The Morgan fingerprint density at radius 1 is 1.26 bits per heavy atom. The number of nitrogens with one attached hydrogen (secondary N) is 1. The van der Waals surface area contributed by atoms with Gasteiger partial charge >= 0.3 is 5.97 Å². The van der Waals surface area contributed by atoms with Gasteiger partial charge in [0.15, 0.2) is 5.78 Å². The van der Waals surface area contributed by atoms with Gasteiger partial charge in [-0.05, 0) is 48.9 Å². The Kier molecular flexibility index (Phi) is 8.58. The molecule has 0 spiro atoms. The van der Waals surface area contributed by atoms with Crippen LogP contribution in [-0.4, -0.2) is 50.4 Å². The zero-order valence-corrected chi connectivity index (χ0v) is 20.0. The Bertz CT molecular complexity index is 1220. The van der Waals surface area contributed by atoms with Gasteiger partial charge < -0.3 is 15.8 Å². The van der Waals surface area contributed by atoms with Crippen LogP contribution < -0.4 is 11.1 Å². The average molecular weight is 485 g/mol. The summed E-state index contributed by atoms with van der Waals surface area (Å²) in [6, 6.07) is 5.59. The molecule has 0 radical (unpaired) electrons. The van der Waals surface area contributed by atoms with Gasteiger partial charge in [-0.15, -0.1) is 0 Å². The Morgan fingerprint density at radius 2 is 1.97 bits per heavy atom. The van der Waals surface area contributed by atoms with Crippen LogP contribution in [0.4, 0.5) is 4.39 Å². The summed E-state index contributed by atoms with van der Waals surface area (Å²) in [6.45, 7) is 3.24. The van der Waals surface area contributed by atoms with Crippen LogP contribution >= 0.6 is 0 Å². The number of halogens is 1. The highest BCUT2D eigenvalue weighted by Crippen LogP contribution is 2.27. The Labute approximate surface area is 202 Å². The van der Waals surface area contributed by atoms with Crippen LogP contribution in [0.25, 0.3) is 5.78 Å². The van der Waals surface area contributed by atoms with Crippen molar-refractivity contribution < 1.29 is 23.5 Å². The molecule has 0 bridgehead atoms. The number of amides is 1. The standard InChI is InChI=1S/C16H14FN5O2.C8H15NO2/c1-9-5-11(3-4-12(9)17)7-18-15(24)13-6-14(10(2)23)22-16(21-13)19-8-20-22;1-11-8(10)7(9)6-4-2-3-5-6/h3-6,8H,7H2,1-2H3,(H,18,24);6-7H,2-5,9H2,1H3/t;7-/m.1/s1. The van der Waals surface area contributed by atoms with Gasteiger partial charge in [-0.25, -0.2) is 9.37 Å². The Balaban J connectivity index is 0.000000261. The van der Waals surface area contributed by atoms with E-state index in [-0.39, 0.29) is 47.3 Å². The number of hydrogen-bond acceptors (Lipinski definition) is 8. The number of aryl methyl sites for hydroxylation is 1. The van der Waals surface area contributed by atoms with E-state index in [0.717, 1.165) is 18.4 Å². The molecule has 3 N–H and O–H groups in total. The number of aromatic nitrogens is 4. The number of carbonyl (C=O) groups is 3. The van der Waals surface area contributed by atoms with Crippen molar-refractivity contribution in [3.63, 3.8) is 0 Å². The lowest BCUT2D eigenvalue weighted by Gasteiger charge is -2.15. The topological polar surface area (TPSA) is 142 Å². The summed E-state index contributed by atoms with van der Waals surface area (Å²) in [5.41, 5.74) is 7.21. The highest BCUT2D eigenvalue weighted by atomic mass is 19.1. The zero-order valence-electron chi connectivity index (χ0n) is 20.0. The highest BCUT2D eigenvalue weighted by molar-refractivity contribution is 5.98. The summed E-state index contributed by atoms with van der Waals surface area (Å²) in [5.74, 6) is -0.735. The predicted molar refractivity (Wildman–Crippen MR) is 125 cm³/mol. The largest absolute Gasteiger partial charge is 0.468 e. The van der Waals surface area contributed by atoms with Gasteiger partial charge in [-0.2, -0.15) is 14.6 Å². The maximum atomic E-state index is 13.3. The minimum absolute atomic E-state index is 0.0690. The number of methoxy groups -OCH3 is 1. The number of Topliss-reactive ketones (excluding diaryl/α,β-unsaturated/α-hetero) is 1. The van der Waals surface area contributed by atoms with Gasteiger partial charge in [0, 0.05) is 13.5 Å². The molecule has 1 saturated carbocycles. The van der Waals surface area contributed by atoms with Gasteiger partial charge in [-0.3, -0.25) is 14.4 Å². The predicted octanol–water partition coefficient (Wildman–Crippen LogP) is 2.38. The van der Waals surface area contributed by atoms with Gasteiger partial charge in [0.25, 0.3) is 11.7 Å². The zero-order chi connectivity index (χ0) is 25.5. The number of fused-ring (bicyclic) bond motifs is 1. The minimum Gasteiger partial charge on any atom is -0.468 e. The van der Waals surface area contributed by atoms with E-state index in [2.05, 4.69) is 25.1 Å². The summed E-state index contributed by atoms with van der Waals surface area (Å²) in [5, 5.41) is 6.60. The number of rotatable bonds is 6. The molecular weight excluding hydrogens is 455 g/mol. The fourth-order valence-electron chi connectivity index (χ4n) is 3.91. The van der Waals surface area contributed by atoms with E-state index in [0.29, 0.717) is 11.5 Å². The maximum Gasteiger partial charge on any atom is 0.322 e. The average Bonchev–Trinajstić information content (AvgIpc) is 3.55. The molecular formula is C24H29FN6O4. The summed E-state index contributed by atoms with van der Waals surface area (Å²) in [7, 11) is 1.39. The van der Waals surface area contributed by atoms with Crippen molar-refractivity contribution >= 4 is 23.4 Å². The monoisotopic (exact) mass is 484 g/mol. The first-order chi connectivity index (χ1) is 16.7. The van der Waals surface area contributed by atoms with Crippen LogP contribution in [0.2, 0.25) is 0 Å². The molecule has 1 fully saturated rings. The third-order valence-electron chi connectivity index (χ3n) is 5.90. The molecule has 1 aliphatic rings. The van der Waals surface area contributed by atoms with Crippen LogP contribution in [0.15, 0.2) is 30.6 Å². The molecule has 186 valence electrons. The molecule has 1 amide bonds. The van der Waals surface area contributed by atoms with E-state index >= 15 is 0 Å². The molecule has 4 rings (SSSR count). The lowest BCUT2D eigenvalue weighted by molar-refractivity contribution is -0.143. The molecule has 2 aromatic heterocycles. The highest BCUT2D eigenvalue weighted by Gasteiger charge is 2.27. The van der Waals surface area contributed by atoms with Crippen LogP contribution in [0.5, 0.6) is 0 Å². The molecule has 11 heteroatoms. The van der Waals surface area contributed by atoms with E-state index in [1.54, 1.807) is 19.1 Å². The van der Waals surface area contributed by atoms with Crippen LogP contribution in [0.1, 0.15) is 64.7 Å². The second-order valence-electron chi connectivity index (χ2n) is 8.41. The number of ether oxygens (including phenoxy) is 1. The quantitative estimate of drug-likeness (QED) is 0.401. The van der Waals surface area contributed by atoms with E-state index in [1.807, 2.05) is 0 Å². The summed E-state index contributed by atoms with van der Waals surface area (Å²) >= 11 is 0. The third kappa shape index (κ3) is 6.44. The number of benzene rings is 1. The van der Waals surface area contributed by atoms with Crippen molar-refractivity contribution in [3.8, 4) is 0 Å². The first-order valence-corrected chi connectivity index (χ1v) is 11.3. The molecule has 10 nitrogen and oxygen atoms in total. The summed E-state index contributed by atoms with van der Waals surface area (Å²) < 4.78 is 19.1. The molecule has 35 heavy (non-hydrogen) atoms. The van der Waals surface area contributed by atoms with Crippen molar-refractivity contribution in [2.45, 2.75) is 52.1 Å². The van der Waals surface area contributed by atoms with Crippen molar-refractivity contribution in [3.05, 3.63) is 58.9 Å². The van der Waals surface area contributed by atoms with E-state index in [4.69, 9.17) is 5.73 Å². The molecule has 2 heterocycles. The molecule has 0 aliphatic heterocycles. The van der Waals surface area contributed by atoms with Crippen LogP contribution in [0, 0.1) is 18.7 Å². The Hall–Kier alpha value is -3.73. The molecule has 1 atom stereocenters. The molecule has 0 saturated heterocycles.